The minimum atomic E-state index is 0.453. The van der Waals surface area contributed by atoms with Gasteiger partial charge in [-0.25, -0.2) is 0 Å². The van der Waals surface area contributed by atoms with Crippen LogP contribution in [-0.2, 0) is 11.3 Å². The molecule has 1 aliphatic rings. The monoisotopic (exact) mass is 240 g/mol. The van der Waals surface area contributed by atoms with Crippen LogP contribution in [-0.4, -0.2) is 30.7 Å². The minimum Gasteiger partial charge on any atom is -0.399 e. The SMILES string of the molecule is CC1COCCN1Cc1cc(N)cc(Cl)c1. The van der Waals surface area contributed by atoms with Crippen LogP contribution in [0.25, 0.3) is 0 Å². The largest absolute Gasteiger partial charge is 0.399 e. The first-order chi connectivity index (χ1) is 7.65. The Morgan fingerprint density at radius 3 is 3.00 bits per heavy atom. The number of hydrogen-bond donors (Lipinski definition) is 1. The molecule has 1 aromatic rings. The summed E-state index contributed by atoms with van der Waals surface area (Å²) in [5.41, 5.74) is 7.66. The Balaban J connectivity index is 2.07. The summed E-state index contributed by atoms with van der Waals surface area (Å²) in [6.07, 6.45) is 0. The Morgan fingerprint density at radius 1 is 1.50 bits per heavy atom. The molecule has 0 aliphatic carbocycles. The van der Waals surface area contributed by atoms with E-state index in [4.69, 9.17) is 22.1 Å². The Hall–Kier alpha value is -0.770. The number of nitrogen functional groups attached to an aromatic ring is 1. The van der Waals surface area contributed by atoms with E-state index in [9.17, 15) is 0 Å². The molecule has 1 unspecified atom stereocenters. The smallest absolute Gasteiger partial charge is 0.0619 e. The number of halogens is 1. The van der Waals surface area contributed by atoms with Gasteiger partial charge in [0.1, 0.15) is 0 Å². The minimum absolute atomic E-state index is 0.453. The molecule has 16 heavy (non-hydrogen) atoms. The van der Waals surface area contributed by atoms with Crippen LogP contribution in [0.3, 0.4) is 0 Å². The lowest BCUT2D eigenvalue weighted by molar-refractivity contribution is -0.00435. The molecule has 1 aliphatic heterocycles. The van der Waals surface area contributed by atoms with Gasteiger partial charge in [-0.1, -0.05) is 11.6 Å². The van der Waals surface area contributed by atoms with Gasteiger partial charge in [0, 0.05) is 29.8 Å². The van der Waals surface area contributed by atoms with Crippen molar-refractivity contribution in [3.05, 3.63) is 28.8 Å². The Labute approximate surface area is 101 Å². The van der Waals surface area contributed by atoms with E-state index < -0.39 is 0 Å². The van der Waals surface area contributed by atoms with Crippen LogP contribution in [0, 0.1) is 0 Å². The van der Waals surface area contributed by atoms with Crippen LogP contribution in [0.4, 0.5) is 5.69 Å². The summed E-state index contributed by atoms with van der Waals surface area (Å²) in [7, 11) is 0. The number of anilines is 1. The predicted octanol–water partition coefficient (Wildman–Crippen LogP) is 2.14. The lowest BCUT2D eigenvalue weighted by Crippen LogP contribution is -2.42. The van der Waals surface area contributed by atoms with Gasteiger partial charge in [0.25, 0.3) is 0 Å². The quantitative estimate of drug-likeness (QED) is 0.805. The number of hydrogen-bond acceptors (Lipinski definition) is 3. The maximum atomic E-state index is 5.98. The number of nitrogens with zero attached hydrogens (tertiary/aromatic N) is 1. The Bertz CT molecular complexity index is 350. The fourth-order valence-corrected chi connectivity index (χ4v) is 2.26. The van der Waals surface area contributed by atoms with Gasteiger partial charge in [0.05, 0.1) is 13.2 Å². The average Bonchev–Trinajstić information content (AvgIpc) is 2.20. The average molecular weight is 241 g/mol. The standard InChI is InChI=1S/C12H17ClN2O/c1-9-8-16-3-2-15(9)7-10-4-11(13)6-12(14)5-10/h4-6,9H,2-3,7-8,14H2,1H3. The molecule has 1 aromatic carbocycles. The van der Waals surface area contributed by atoms with E-state index in [2.05, 4.69) is 11.8 Å². The molecule has 1 saturated heterocycles. The maximum absolute atomic E-state index is 5.98. The number of ether oxygens (including phenoxy) is 1. The van der Waals surface area contributed by atoms with E-state index in [0.717, 1.165) is 32.0 Å². The van der Waals surface area contributed by atoms with E-state index in [1.165, 1.54) is 5.56 Å². The van der Waals surface area contributed by atoms with Crippen LogP contribution in [0.5, 0.6) is 0 Å². The van der Waals surface area contributed by atoms with Crippen molar-refractivity contribution in [1.29, 1.82) is 0 Å². The Kier molecular flexibility index (Phi) is 3.69. The number of rotatable bonds is 2. The molecule has 3 nitrogen and oxygen atoms in total. The number of benzene rings is 1. The van der Waals surface area contributed by atoms with Crippen LogP contribution in [0.15, 0.2) is 18.2 Å². The predicted molar refractivity (Wildman–Crippen MR) is 66.6 cm³/mol. The fraction of sp³-hybridized carbons (Fsp3) is 0.500. The van der Waals surface area contributed by atoms with Gasteiger partial charge >= 0.3 is 0 Å². The van der Waals surface area contributed by atoms with Crippen molar-refractivity contribution in [2.24, 2.45) is 0 Å². The Morgan fingerprint density at radius 2 is 2.31 bits per heavy atom. The second-order valence-corrected chi connectivity index (χ2v) is 4.72. The van der Waals surface area contributed by atoms with Gasteiger partial charge < -0.3 is 10.5 Å². The third kappa shape index (κ3) is 2.88. The van der Waals surface area contributed by atoms with Crippen LogP contribution >= 0.6 is 11.6 Å². The summed E-state index contributed by atoms with van der Waals surface area (Å²) in [6.45, 7) is 5.63. The summed E-state index contributed by atoms with van der Waals surface area (Å²) < 4.78 is 5.40. The zero-order chi connectivity index (χ0) is 11.5. The molecule has 88 valence electrons. The second kappa shape index (κ2) is 5.04. The molecular weight excluding hydrogens is 224 g/mol. The molecule has 0 radical (unpaired) electrons. The molecule has 1 atom stereocenters. The van der Waals surface area contributed by atoms with Gasteiger partial charge in [-0.2, -0.15) is 0 Å². The van der Waals surface area contributed by atoms with Gasteiger partial charge in [-0.15, -0.1) is 0 Å². The van der Waals surface area contributed by atoms with Crippen molar-refractivity contribution < 1.29 is 4.74 Å². The van der Waals surface area contributed by atoms with Crippen molar-refractivity contribution in [2.75, 3.05) is 25.5 Å². The molecule has 1 fully saturated rings. The topological polar surface area (TPSA) is 38.5 Å². The van der Waals surface area contributed by atoms with Crippen molar-refractivity contribution in [3.63, 3.8) is 0 Å². The highest BCUT2D eigenvalue weighted by molar-refractivity contribution is 6.30. The fourth-order valence-electron chi connectivity index (χ4n) is 2.00. The zero-order valence-corrected chi connectivity index (χ0v) is 10.2. The first kappa shape index (κ1) is 11.7. The van der Waals surface area contributed by atoms with Crippen LogP contribution in [0.2, 0.25) is 5.02 Å². The molecule has 1 heterocycles. The van der Waals surface area contributed by atoms with Crippen molar-refractivity contribution in [1.82, 2.24) is 4.90 Å². The van der Waals surface area contributed by atoms with E-state index in [0.29, 0.717) is 11.1 Å². The lowest BCUT2D eigenvalue weighted by atomic mass is 10.1. The third-order valence-electron chi connectivity index (χ3n) is 2.87. The summed E-state index contributed by atoms with van der Waals surface area (Å²) >= 11 is 5.98. The molecule has 0 amide bonds. The molecule has 4 heteroatoms. The van der Waals surface area contributed by atoms with Gasteiger partial charge in [-0.05, 0) is 30.7 Å². The highest BCUT2D eigenvalue weighted by Crippen LogP contribution is 2.19. The molecule has 0 bridgehead atoms. The van der Waals surface area contributed by atoms with Crippen LogP contribution < -0.4 is 5.73 Å². The number of morpholine rings is 1. The molecule has 0 spiro atoms. The van der Waals surface area contributed by atoms with Gasteiger partial charge in [-0.3, -0.25) is 4.90 Å². The molecule has 2 rings (SSSR count). The van der Waals surface area contributed by atoms with E-state index >= 15 is 0 Å². The van der Waals surface area contributed by atoms with Crippen molar-refractivity contribution in [2.45, 2.75) is 19.5 Å². The first-order valence-electron chi connectivity index (χ1n) is 5.52. The molecule has 2 N–H and O–H groups in total. The van der Waals surface area contributed by atoms with Crippen molar-refractivity contribution in [3.8, 4) is 0 Å². The van der Waals surface area contributed by atoms with Crippen molar-refractivity contribution >= 4 is 17.3 Å². The summed E-state index contributed by atoms with van der Waals surface area (Å²) in [5.74, 6) is 0. The highest BCUT2D eigenvalue weighted by Gasteiger charge is 2.18. The molecule has 0 aromatic heterocycles. The highest BCUT2D eigenvalue weighted by atomic mass is 35.5. The molecular formula is C12H17ClN2O. The summed E-state index contributed by atoms with van der Waals surface area (Å²) in [4.78, 5) is 2.38. The van der Waals surface area contributed by atoms with E-state index in [1.807, 2.05) is 12.1 Å². The lowest BCUT2D eigenvalue weighted by Gasteiger charge is -2.33. The summed E-state index contributed by atoms with van der Waals surface area (Å²) in [6, 6.07) is 6.18. The third-order valence-corrected chi connectivity index (χ3v) is 3.09. The normalized spacial score (nSPS) is 22.2. The zero-order valence-electron chi connectivity index (χ0n) is 9.45. The van der Waals surface area contributed by atoms with Crippen LogP contribution in [0.1, 0.15) is 12.5 Å². The van der Waals surface area contributed by atoms with Gasteiger partial charge in [0.2, 0.25) is 0 Å². The molecule has 0 saturated carbocycles. The second-order valence-electron chi connectivity index (χ2n) is 4.29. The van der Waals surface area contributed by atoms with E-state index in [-0.39, 0.29) is 0 Å². The first-order valence-corrected chi connectivity index (χ1v) is 5.89. The summed E-state index contributed by atoms with van der Waals surface area (Å²) in [5, 5.41) is 0.705. The van der Waals surface area contributed by atoms with Gasteiger partial charge in [0.15, 0.2) is 0 Å². The van der Waals surface area contributed by atoms with E-state index in [1.54, 1.807) is 6.07 Å². The maximum Gasteiger partial charge on any atom is 0.0619 e. The number of nitrogens with two attached hydrogens (primary N) is 1.